The first-order valence-electron chi connectivity index (χ1n) is 5.39. The minimum atomic E-state index is -3.28. The zero-order chi connectivity index (χ0) is 12.2. The molecule has 4 nitrogen and oxygen atoms in total. The summed E-state index contributed by atoms with van der Waals surface area (Å²) in [6.07, 6.45) is 5.36. The van der Waals surface area contributed by atoms with Gasteiger partial charge in [0.15, 0.2) is 5.78 Å². The number of carbonyl (C=O) groups is 1. The Morgan fingerprint density at radius 3 is 2.56 bits per heavy atom. The minimum absolute atomic E-state index is 0.123. The van der Waals surface area contributed by atoms with Crippen molar-refractivity contribution in [3.05, 3.63) is 24.0 Å². The van der Waals surface area contributed by atoms with Crippen molar-refractivity contribution >= 4 is 15.8 Å². The summed E-state index contributed by atoms with van der Waals surface area (Å²) in [4.78, 5) is 11.0. The Labute approximate surface area is 96.3 Å². The Hall–Kier alpha value is -1.10. The number of Topliss-reactive ketones (excluding diaryl/α,β-unsaturated/α-hetero) is 1. The lowest BCUT2D eigenvalue weighted by Crippen LogP contribution is -2.14. The van der Waals surface area contributed by atoms with Gasteiger partial charge in [-0.15, -0.1) is 0 Å². The number of rotatable bonds is 6. The predicted octanol–water partition coefficient (Wildman–Crippen LogP) is 2.06. The highest BCUT2D eigenvalue weighted by atomic mass is 32.2. The first-order valence-corrected chi connectivity index (χ1v) is 7.00. The average Bonchev–Trinajstić information content (AvgIpc) is 2.67. The van der Waals surface area contributed by atoms with E-state index in [4.69, 9.17) is 0 Å². The van der Waals surface area contributed by atoms with E-state index in [0.717, 1.165) is 16.8 Å². The van der Waals surface area contributed by atoms with Gasteiger partial charge in [0.25, 0.3) is 0 Å². The lowest BCUT2D eigenvalue weighted by molar-refractivity contribution is 0.101. The molecule has 0 saturated heterocycles. The normalized spacial score (nSPS) is 11.6. The van der Waals surface area contributed by atoms with E-state index in [-0.39, 0.29) is 11.5 Å². The summed E-state index contributed by atoms with van der Waals surface area (Å²) in [5, 5.41) is 0. The van der Waals surface area contributed by atoms with Gasteiger partial charge in [-0.05, 0) is 19.4 Å². The van der Waals surface area contributed by atoms with E-state index in [1.807, 2.05) is 6.92 Å². The van der Waals surface area contributed by atoms with Gasteiger partial charge in [-0.3, -0.25) is 8.77 Å². The second-order valence-electron chi connectivity index (χ2n) is 3.81. The zero-order valence-electron chi connectivity index (χ0n) is 9.64. The average molecular weight is 243 g/mol. The lowest BCUT2D eigenvalue weighted by Gasteiger charge is -2.04. The molecule has 0 unspecified atom stereocenters. The Morgan fingerprint density at radius 2 is 2.06 bits per heavy atom. The summed E-state index contributed by atoms with van der Waals surface area (Å²) in [5.74, 6) is 0.00913. The molecule has 0 bridgehead atoms. The SMILES string of the molecule is CCCCCS(=O)(=O)n1ccc(C(C)=O)c1. The molecule has 90 valence electrons. The summed E-state index contributed by atoms with van der Waals surface area (Å²) in [5.41, 5.74) is 0.430. The summed E-state index contributed by atoms with van der Waals surface area (Å²) >= 11 is 0. The van der Waals surface area contributed by atoms with Gasteiger partial charge in [-0.25, -0.2) is 8.42 Å². The molecule has 0 aliphatic carbocycles. The van der Waals surface area contributed by atoms with E-state index in [1.54, 1.807) is 0 Å². The number of unbranched alkanes of at least 4 members (excludes halogenated alkanes) is 2. The van der Waals surface area contributed by atoms with Crippen molar-refractivity contribution in [1.29, 1.82) is 0 Å². The van der Waals surface area contributed by atoms with E-state index in [1.165, 1.54) is 25.4 Å². The van der Waals surface area contributed by atoms with E-state index >= 15 is 0 Å². The summed E-state index contributed by atoms with van der Waals surface area (Å²) in [7, 11) is -3.28. The molecule has 0 atom stereocenters. The second kappa shape index (κ2) is 5.30. The standard InChI is InChI=1S/C11H17NO3S/c1-3-4-5-8-16(14,15)12-7-6-11(9-12)10(2)13/h6-7,9H,3-5,8H2,1-2H3. The van der Waals surface area contributed by atoms with Crippen LogP contribution in [0.1, 0.15) is 43.5 Å². The predicted molar refractivity (Wildman–Crippen MR) is 63.1 cm³/mol. The first kappa shape index (κ1) is 13.0. The van der Waals surface area contributed by atoms with Crippen molar-refractivity contribution in [2.24, 2.45) is 0 Å². The number of carbonyl (C=O) groups excluding carboxylic acids is 1. The molecule has 0 saturated carbocycles. The molecule has 16 heavy (non-hydrogen) atoms. The van der Waals surface area contributed by atoms with Gasteiger partial charge in [0.2, 0.25) is 10.0 Å². The second-order valence-corrected chi connectivity index (χ2v) is 5.80. The largest absolute Gasteiger partial charge is 0.294 e. The van der Waals surface area contributed by atoms with Crippen molar-refractivity contribution < 1.29 is 13.2 Å². The number of nitrogens with zero attached hydrogens (tertiary/aromatic N) is 1. The van der Waals surface area contributed by atoms with Crippen LogP contribution in [0.2, 0.25) is 0 Å². The van der Waals surface area contributed by atoms with Crippen LogP contribution in [0.15, 0.2) is 18.5 Å². The Kier molecular flexibility index (Phi) is 4.29. The van der Waals surface area contributed by atoms with Gasteiger partial charge >= 0.3 is 0 Å². The Bertz CT molecular complexity index is 459. The van der Waals surface area contributed by atoms with Crippen LogP contribution in [-0.4, -0.2) is 23.9 Å². The number of hydrogen-bond donors (Lipinski definition) is 0. The smallest absolute Gasteiger partial charge is 0.238 e. The van der Waals surface area contributed by atoms with Crippen LogP contribution in [0, 0.1) is 0 Å². The van der Waals surface area contributed by atoms with Crippen LogP contribution in [0.5, 0.6) is 0 Å². The van der Waals surface area contributed by atoms with Crippen LogP contribution < -0.4 is 0 Å². The first-order chi connectivity index (χ1) is 7.47. The van der Waals surface area contributed by atoms with Crippen LogP contribution in [0.25, 0.3) is 0 Å². The van der Waals surface area contributed by atoms with Crippen LogP contribution in [0.4, 0.5) is 0 Å². The molecule has 0 radical (unpaired) electrons. The van der Waals surface area contributed by atoms with Crippen molar-refractivity contribution in [2.75, 3.05) is 5.75 Å². The van der Waals surface area contributed by atoms with E-state index < -0.39 is 10.0 Å². The van der Waals surface area contributed by atoms with Crippen LogP contribution >= 0.6 is 0 Å². The molecule has 1 rings (SSSR count). The molecule has 0 N–H and O–H groups in total. The van der Waals surface area contributed by atoms with Crippen molar-refractivity contribution in [3.8, 4) is 0 Å². The van der Waals surface area contributed by atoms with Crippen molar-refractivity contribution in [3.63, 3.8) is 0 Å². The number of ketones is 1. The van der Waals surface area contributed by atoms with E-state index in [9.17, 15) is 13.2 Å². The summed E-state index contributed by atoms with van der Waals surface area (Å²) in [6.45, 7) is 3.44. The molecule has 0 aromatic carbocycles. The van der Waals surface area contributed by atoms with Gasteiger partial charge in [0, 0.05) is 18.0 Å². The maximum absolute atomic E-state index is 11.8. The number of hydrogen-bond acceptors (Lipinski definition) is 3. The summed E-state index contributed by atoms with van der Waals surface area (Å²) < 4.78 is 24.7. The van der Waals surface area contributed by atoms with Gasteiger partial charge in [0.05, 0.1) is 5.75 Å². The molecule has 1 heterocycles. The Balaban J connectivity index is 2.78. The molecule has 1 aromatic heterocycles. The maximum atomic E-state index is 11.8. The van der Waals surface area contributed by atoms with E-state index in [0.29, 0.717) is 12.0 Å². The lowest BCUT2D eigenvalue weighted by atomic mass is 10.2. The summed E-state index contributed by atoms with van der Waals surface area (Å²) in [6, 6.07) is 1.53. The molecule has 1 aromatic rings. The van der Waals surface area contributed by atoms with Gasteiger partial charge < -0.3 is 0 Å². The molecule has 0 fully saturated rings. The molecule has 0 aliphatic rings. The van der Waals surface area contributed by atoms with Gasteiger partial charge in [-0.1, -0.05) is 19.8 Å². The van der Waals surface area contributed by atoms with Crippen LogP contribution in [0.3, 0.4) is 0 Å². The highest BCUT2D eigenvalue weighted by Gasteiger charge is 2.13. The third kappa shape index (κ3) is 3.20. The monoisotopic (exact) mass is 243 g/mol. The molecule has 0 amide bonds. The van der Waals surface area contributed by atoms with Crippen molar-refractivity contribution in [2.45, 2.75) is 33.1 Å². The fraction of sp³-hybridized carbons (Fsp3) is 0.545. The molecule has 5 heteroatoms. The maximum Gasteiger partial charge on any atom is 0.238 e. The van der Waals surface area contributed by atoms with Gasteiger partial charge in [0.1, 0.15) is 0 Å². The third-order valence-electron chi connectivity index (χ3n) is 2.40. The molecule has 0 spiro atoms. The van der Waals surface area contributed by atoms with Crippen molar-refractivity contribution in [1.82, 2.24) is 3.97 Å². The van der Waals surface area contributed by atoms with E-state index in [2.05, 4.69) is 0 Å². The van der Waals surface area contributed by atoms with Gasteiger partial charge in [-0.2, -0.15) is 0 Å². The fourth-order valence-electron chi connectivity index (χ4n) is 1.40. The third-order valence-corrected chi connectivity index (χ3v) is 4.08. The Morgan fingerprint density at radius 1 is 1.38 bits per heavy atom. The fourth-order valence-corrected chi connectivity index (χ4v) is 2.70. The zero-order valence-corrected chi connectivity index (χ0v) is 10.5. The highest BCUT2D eigenvalue weighted by molar-refractivity contribution is 7.89. The molecular weight excluding hydrogens is 226 g/mol. The quantitative estimate of drug-likeness (QED) is 0.567. The topological polar surface area (TPSA) is 56.1 Å². The minimum Gasteiger partial charge on any atom is -0.294 e. The molecular formula is C11H17NO3S. The highest BCUT2D eigenvalue weighted by Crippen LogP contribution is 2.08. The number of aromatic nitrogens is 1. The molecule has 0 aliphatic heterocycles. The van der Waals surface area contributed by atoms with Crippen LogP contribution in [-0.2, 0) is 10.0 Å².